The van der Waals surface area contributed by atoms with Crippen molar-refractivity contribution in [2.24, 2.45) is 0 Å². The number of rotatable bonds is 6. The van der Waals surface area contributed by atoms with Gasteiger partial charge < -0.3 is 9.31 Å². The van der Waals surface area contributed by atoms with Gasteiger partial charge in [0, 0.05) is 14.2 Å². The van der Waals surface area contributed by atoms with Crippen LogP contribution in [0.15, 0.2) is 103 Å². The van der Waals surface area contributed by atoms with Crippen molar-refractivity contribution in [2.45, 2.75) is 0 Å². The van der Waals surface area contributed by atoms with Gasteiger partial charge >= 0.3 is 7.12 Å². The molecule has 0 aliphatic carbocycles. The minimum atomic E-state index is -0.467. The van der Waals surface area contributed by atoms with E-state index < -0.39 is 7.12 Å². The Labute approximate surface area is 172 Å². The molecule has 0 amide bonds. The molecule has 0 N–H and O–H groups in total. The highest BCUT2D eigenvalue weighted by atomic mass is 16.6. The van der Waals surface area contributed by atoms with Gasteiger partial charge in [-0.1, -0.05) is 91.0 Å². The third-order valence-electron chi connectivity index (χ3n) is 5.12. The van der Waals surface area contributed by atoms with Gasteiger partial charge in [0.25, 0.3) is 0 Å². The predicted octanol–water partition coefficient (Wildman–Crippen LogP) is 5.68. The molecule has 0 radical (unpaired) electrons. The Balaban J connectivity index is 2.06. The van der Waals surface area contributed by atoms with Gasteiger partial charge in [-0.05, 0) is 51.0 Å². The summed E-state index contributed by atoms with van der Waals surface area (Å²) < 4.78 is 11.5. The summed E-state index contributed by atoms with van der Waals surface area (Å²) in [7, 11) is 2.90. The maximum Gasteiger partial charge on any atom is 0.494 e. The van der Waals surface area contributed by atoms with Crippen LogP contribution in [0.5, 0.6) is 0 Å². The second-order valence-electron chi connectivity index (χ2n) is 6.89. The van der Waals surface area contributed by atoms with Crippen LogP contribution in [-0.2, 0) is 9.31 Å². The SMILES string of the molecule is COB(OC)c1c(-c2ccccc2)cc(-c2ccccc2)cc1-c1ccccc1. The van der Waals surface area contributed by atoms with E-state index in [4.69, 9.17) is 9.31 Å². The summed E-state index contributed by atoms with van der Waals surface area (Å²) in [6.07, 6.45) is 0. The zero-order valence-corrected chi connectivity index (χ0v) is 16.7. The van der Waals surface area contributed by atoms with Gasteiger partial charge in [-0.15, -0.1) is 0 Å². The summed E-state index contributed by atoms with van der Waals surface area (Å²) in [5.41, 5.74) is 7.87. The van der Waals surface area contributed by atoms with Crippen LogP contribution in [0.3, 0.4) is 0 Å². The summed E-state index contributed by atoms with van der Waals surface area (Å²) >= 11 is 0. The fourth-order valence-electron chi connectivity index (χ4n) is 3.75. The summed E-state index contributed by atoms with van der Waals surface area (Å²) in [5, 5.41) is 0. The molecule has 0 atom stereocenters. The van der Waals surface area contributed by atoms with Crippen LogP contribution in [-0.4, -0.2) is 21.3 Å². The maximum atomic E-state index is 5.73. The zero-order chi connectivity index (χ0) is 20.1. The van der Waals surface area contributed by atoms with Crippen LogP contribution >= 0.6 is 0 Å². The first kappa shape index (κ1) is 19.2. The second kappa shape index (κ2) is 8.91. The van der Waals surface area contributed by atoms with E-state index in [9.17, 15) is 0 Å². The topological polar surface area (TPSA) is 18.5 Å². The molecule has 0 unspecified atom stereocenters. The molecule has 0 aromatic heterocycles. The molecule has 0 heterocycles. The molecule has 0 saturated heterocycles. The molecule has 0 fully saturated rings. The summed E-state index contributed by atoms with van der Waals surface area (Å²) in [6, 6.07) is 35.8. The third kappa shape index (κ3) is 4.02. The number of benzene rings is 4. The maximum absolute atomic E-state index is 5.73. The molecule has 4 aromatic rings. The molecule has 2 nitrogen and oxygen atoms in total. The van der Waals surface area contributed by atoms with Crippen LogP contribution in [0.1, 0.15) is 0 Å². The van der Waals surface area contributed by atoms with E-state index in [1.165, 1.54) is 5.56 Å². The molecule has 142 valence electrons. The van der Waals surface area contributed by atoms with Crippen molar-refractivity contribution in [2.75, 3.05) is 14.2 Å². The first-order chi connectivity index (χ1) is 14.3. The van der Waals surface area contributed by atoms with E-state index in [0.717, 1.165) is 33.3 Å². The Bertz CT molecular complexity index is 999. The molecular formula is C26H23BO2. The van der Waals surface area contributed by atoms with Gasteiger partial charge in [-0.3, -0.25) is 0 Å². The molecule has 4 rings (SSSR count). The Morgan fingerprint density at radius 2 is 0.862 bits per heavy atom. The molecule has 0 spiro atoms. The summed E-state index contributed by atoms with van der Waals surface area (Å²) in [5.74, 6) is 0. The third-order valence-corrected chi connectivity index (χ3v) is 5.12. The van der Waals surface area contributed by atoms with E-state index in [1.807, 2.05) is 18.2 Å². The van der Waals surface area contributed by atoms with E-state index in [2.05, 4.69) is 84.9 Å². The highest BCUT2D eigenvalue weighted by Gasteiger charge is 2.27. The fourth-order valence-corrected chi connectivity index (χ4v) is 3.75. The van der Waals surface area contributed by atoms with Crippen molar-refractivity contribution in [3.8, 4) is 33.4 Å². The van der Waals surface area contributed by atoms with Crippen molar-refractivity contribution < 1.29 is 9.31 Å². The van der Waals surface area contributed by atoms with Gasteiger partial charge in [-0.25, -0.2) is 0 Å². The Hall–Kier alpha value is -3.14. The minimum absolute atomic E-state index is 0.467. The van der Waals surface area contributed by atoms with Gasteiger partial charge in [-0.2, -0.15) is 0 Å². The lowest BCUT2D eigenvalue weighted by Gasteiger charge is -2.21. The first-order valence-corrected chi connectivity index (χ1v) is 9.71. The Morgan fingerprint density at radius 3 is 1.24 bits per heavy atom. The number of hydrogen-bond donors (Lipinski definition) is 0. The monoisotopic (exact) mass is 378 g/mol. The van der Waals surface area contributed by atoms with Crippen molar-refractivity contribution in [3.63, 3.8) is 0 Å². The average molecular weight is 378 g/mol. The lowest BCUT2D eigenvalue weighted by atomic mass is 9.69. The molecule has 4 aromatic carbocycles. The first-order valence-electron chi connectivity index (χ1n) is 9.71. The van der Waals surface area contributed by atoms with Gasteiger partial charge in [0.15, 0.2) is 0 Å². The van der Waals surface area contributed by atoms with Crippen molar-refractivity contribution >= 4 is 12.6 Å². The highest BCUT2D eigenvalue weighted by molar-refractivity contribution is 6.65. The lowest BCUT2D eigenvalue weighted by Crippen LogP contribution is -2.38. The fraction of sp³-hybridized carbons (Fsp3) is 0.0769. The predicted molar refractivity (Wildman–Crippen MR) is 122 cm³/mol. The van der Waals surface area contributed by atoms with Gasteiger partial charge in [0.05, 0.1) is 0 Å². The largest absolute Gasteiger partial charge is 0.494 e. The lowest BCUT2D eigenvalue weighted by molar-refractivity contribution is 0.292. The summed E-state index contributed by atoms with van der Waals surface area (Å²) in [6.45, 7) is 0. The second-order valence-corrected chi connectivity index (χ2v) is 6.89. The van der Waals surface area contributed by atoms with E-state index in [-0.39, 0.29) is 0 Å². The van der Waals surface area contributed by atoms with Crippen molar-refractivity contribution in [1.29, 1.82) is 0 Å². The smallest absolute Gasteiger partial charge is 0.410 e. The van der Waals surface area contributed by atoms with Crippen molar-refractivity contribution in [1.82, 2.24) is 0 Å². The van der Waals surface area contributed by atoms with Crippen molar-refractivity contribution in [3.05, 3.63) is 103 Å². The van der Waals surface area contributed by atoms with E-state index in [1.54, 1.807) is 14.2 Å². The Morgan fingerprint density at radius 1 is 0.483 bits per heavy atom. The standard InChI is InChI=1S/C26H23BO2/c1-28-27(29-2)26-24(21-14-8-4-9-15-21)18-23(20-12-6-3-7-13-20)19-25(26)22-16-10-5-11-17-22/h3-19H,1-2H3. The molecule has 29 heavy (non-hydrogen) atoms. The Kier molecular flexibility index (Phi) is 5.90. The molecule has 0 aliphatic heterocycles. The van der Waals surface area contributed by atoms with Crippen LogP contribution in [0.25, 0.3) is 33.4 Å². The van der Waals surface area contributed by atoms with Crippen LogP contribution in [0.4, 0.5) is 0 Å². The van der Waals surface area contributed by atoms with E-state index >= 15 is 0 Å². The molecular weight excluding hydrogens is 355 g/mol. The minimum Gasteiger partial charge on any atom is -0.410 e. The van der Waals surface area contributed by atoms with Crippen LogP contribution < -0.4 is 5.46 Å². The highest BCUT2D eigenvalue weighted by Crippen LogP contribution is 2.32. The quantitative estimate of drug-likeness (QED) is 0.402. The van der Waals surface area contributed by atoms with E-state index in [0.29, 0.717) is 0 Å². The molecule has 0 saturated carbocycles. The van der Waals surface area contributed by atoms with Crippen LogP contribution in [0, 0.1) is 0 Å². The molecule has 0 bridgehead atoms. The molecule has 0 aliphatic rings. The zero-order valence-electron chi connectivity index (χ0n) is 16.7. The normalized spacial score (nSPS) is 10.7. The average Bonchev–Trinajstić information content (AvgIpc) is 2.81. The van der Waals surface area contributed by atoms with Crippen LogP contribution in [0.2, 0.25) is 0 Å². The number of hydrogen-bond acceptors (Lipinski definition) is 2. The summed E-state index contributed by atoms with van der Waals surface area (Å²) in [4.78, 5) is 0. The van der Waals surface area contributed by atoms with Gasteiger partial charge in [0.1, 0.15) is 0 Å². The van der Waals surface area contributed by atoms with Gasteiger partial charge in [0.2, 0.25) is 0 Å². The molecule has 3 heteroatoms.